The number of nitrogen functional groups attached to an aromatic ring is 1. The van der Waals surface area contributed by atoms with E-state index in [1.807, 2.05) is 22.1 Å². The normalized spacial score (nSPS) is 13.6. The van der Waals surface area contributed by atoms with Gasteiger partial charge in [0.15, 0.2) is 33.6 Å². The Balaban J connectivity index is 1.54. The highest BCUT2D eigenvalue weighted by molar-refractivity contribution is 7.99. The summed E-state index contributed by atoms with van der Waals surface area (Å²) < 4.78 is 39.8. The lowest BCUT2D eigenvalue weighted by atomic mass is 10.2. The summed E-state index contributed by atoms with van der Waals surface area (Å²) in [5.41, 5.74) is 7.92. The molecule has 184 valence electrons. The number of fused-ring (bicyclic) bond motifs is 2. The number of hydrogen-bond acceptors (Lipinski definition) is 11. The van der Waals surface area contributed by atoms with Gasteiger partial charge in [-0.1, -0.05) is 11.8 Å². The topological polar surface area (TPSA) is 147 Å². The monoisotopic (exact) mass is 533 g/mol. The van der Waals surface area contributed by atoms with Crippen molar-refractivity contribution in [2.75, 3.05) is 19.1 Å². The van der Waals surface area contributed by atoms with Crippen LogP contribution in [0.25, 0.3) is 21.7 Å². The number of benzene rings is 1. The van der Waals surface area contributed by atoms with Crippen LogP contribution in [0.3, 0.4) is 0 Å². The predicted octanol–water partition coefficient (Wildman–Crippen LogP) is 3.13. The number of thiazole rings is 1. The maximum absolute atomic E-state index is 12.5. The van der Waals surface area contributed by atoms with Gasteiger partial charge in [-0.3, -0.25) is 0 Å². The summed E-state index contributed by atoms with van der Waals surface area (Å²) in [5.74, 6) is 1.53. The van der Waals surface area contributed by atoms with Gasteiger partial charge in [0.25, 0.3) is 0 Å². The fraction of sp³-hybridized carbons (Fsp3) is 0.333. The summed E-state index contributed by atoms with van der Waals surface area (Å²) in [7, 11) is -3.51. The molecule has 1 aliphatic rings. The largest absolute Gasteiger partial charge is 0.454 e. The molecule has 0 atom stereocenters. The number of rotatable bonds is 7. The molecule has 0 saturated heterocycles. The second kappa shape index (κ2) is 8.93. The van der Waals surface area contributed by atoms with Gasteiger partial charge in [0.2, 0.25) is 16.8 Å². The molecule has 0 amide bonds. The van der Waals surface area contributed by atoms with E-state index in [0.29, 0.717) is 34.4 Å². The molecule has 11 nitrogen and oxygen atoms in total. The summed E-state index contributed by atoms with van der Waals surface area (Å²) in [6.45, 7) is 5.55. The molecule has 0 unspecified atom stereocenters. The fourth-order valence-corrected chi connectivity index (χ4v) is 5.93. The maximum atomic E-state index is 12.5. The molecule has 5 rings (SSSR count). The Labute approximate surface area is 210 Å². The molecule has 14 heteroatoms. The third kappa shape index (κ3) is 4.53. The molecule has 4 heterocycles. The average molecular weight is 534 g/mol. The van der Waals surface area contributed by atoms with Crippen LogP contribution in [0.4, 0.5) is 5.82 Å². The molecule has 0 bridgehead atoms. The summed E-state index contributed by atoms with van der Waals surface area (Å²) >= 11 is 2.90. The zero-order valence-electron chi connectivity index (χ0n) is 19.2. The van der Waals surface area contributed by atoms with Gasteiger partial charge >= 0.3 is 0 Å². The van der Waals surface area contributed by atoms with Gasteiger partial charge in [-0.05, 0) is 32.9 Å². The van der Waals surface area contributed by atoms with Crippen LogP contribution in [0.5, 0.6) is 11.5 Å². The van der Waals surface area contributed by atoms with E-state index < -0.39 is 14.8 Å². The smallest absolute Gasteiger partial charge is 0.231 e. The standard InChI is InChI=1S/C21H23N7O4S3/c1-21(2,3)35(29,30)26-4-6-28-18-16(17(22)24-10-25-18)27-20(28)34-15-9-14-13(31-11-32-14)8-12(15)19-23-5-7-33-19/h5,7-10,26H,4,6,11H2,1-3H3,(H2,22,24,25). The molecule has 0 fully saturated rings. The van der Waals surface area contributed by atoms with Crippen LogP contribution in [-0.2, 0) is 16.6 Å². The summed E-state index contributed by atoms with van der Waals surface area (Å²) in [6, 6.07) is 3.80. The quantitative estimate of drug-likeness (QED) is 0.363. The summed E-state index contributed by atoms with van der Waals surface area (Å²) in [5, 5.41) is 3.31. The van der Waals surface area contributed by atoms with Crippen molar-refractivity contribution >= 4 is 50.1 Å². The Morgan fingerprint density at radius 2 is 1.97 bits per heavy atom. The Morgan fingerprint density at radius 3 is 2.69 bits per heavy atom. The highest BCUT2D eigenvalue weighted by atomic mass is 32.2. The number of imidazole rings is 1. The molecule has 0 aliphatic carbocycles. The first kappa shape index (κ1) is 23.8. The van der Waals surface area contributed by atoms with Crippen molar-refractivity contribution in [3.63, 3.8) is 0 Å². The van der Waals surface area contributed by atoms with Crippen LogP contribution in [0.2, 0.25) is 0 Å². The lowest BCUT2D eigenvalue weighted by Crippen LogP contribution is -2.40. The van der Waals surface area contributed by atoms with Gasteiger partial charge in [-0.2, -0.15) is 0 Å². The first-order valence-corrected chi connectivity index (χ1v) is 13.8. The van der Waals surface area contributed by atoms with Crippen LogP contribution in [-0.4, -0.2) is 51.0 Å². The Bertz CT molecular complexity index is 1500. The third-order valence-corrected chi connectivity index (χ3v) is 9.35. The number of nitrogens with zero attached hydrogens (tertiary/aromatic N) is 5. The van der Waals surface area contributed by atoms with Gasteiger partial charge in [-0.15, -0.1) is 11.3 Å². The molecule has 1 aliphatic heterocycles. The van der Waals surface area contributed by atoms with Crippen LogP contribution in [0, 0.1) is 0 Å². The zero-order valence-corrected chi connectivity index (χ0v) is 21.6. The summed E-state index contributed by atoms with van der Waals surface area (Å²) in [6.07, 6.45) is 3.11. The van der Waals surface area contributed by atoms with Crippen molar-refractivity contribution in [3.8, 4) is 22.1 Å². The molecule has 4 aromatic rings. The molecule has 3 aromatic heterocycles. The van der Waals surface area contributed by atoms with E-state index >= 15 is 0 Å². The first-order chi connectivity index (χ1) is 16.6. The molecule has 1 aromatic carbocycles. The van der Waals surface area contributed by atoms with Gasteiger partial charge in [-0.25, -0.2) is 33.1 Å². The van der Waals surface area contributed by atoms with Crippen molar-refractivity contribution < 1.29 is 17.9 Å². The Morgan fingerprint density at radius 1 is 1.20 bits per heavy atom. The van der Waals surface area contributed by atoms with E-state index in [1.165, 1.54) is 29.4 Å². The van der Waals surface area contributed by atoms with E-state index in [4.69, 9.17) is 20.2 Å². The van der Waals surface area contributed by atoms with Crippen LogP contribution in [0.15, 0.2) is 40.1 Å². The van der Waals surface area contributed by atoms with Gasteiger partial charge in [0.05, 0.1) is 4.75 Å². The number of anilines is 1. The van der Waals surface area contributed by atoms with Crippen LogP contribution < -0.4 is 19.9 Å². The van der Waals surface area contributed by atoms with E-state index in [9.17, 15) is 8.42 Å². The number of sulfonamides is 1. The van der Waals surface area contributed by atoms with Crippen molar-refractivity contribution in [3.05, 3.63) is 30.0 Å². The van der Waals surface area contributed by atoms with E-state index in [-0.39, 0.29) is 19.2 Å². The van der Waals surface area contributed by atoms with Gasteiger partial charge < -0.3 is 19.8 Å². The zero-order chi connectivity index (χ0) is 24.8. The van der Waals surface area contributed by atoms with Crippen LogP contribution in [0.1, 0.15) is 20.8 Å². The Hall–Kier alpha value is -2.94. The second-order valence-corrected chi connectivity index (χ2v) is 13.1. The molecule has 0 radical (unpaired) electrons. The van der Waals surface area contributed by atoms with Crippen molar-refractivity contribution in [1.82, 2.24) is 29.2 Å². The first-order valence-electron chi connectivity index (χ1n) is 10.6. The van der Waals surface area contributed by atoms with Gasteiger partial charge in [0.1, 0.15) is 11.3 Å². The molecule has 0 spiro atoms. The minimum absolute atomic E-state index is 0.152. The molecular weight excluding hydrogens is 510 g/mol. The minimum Gasteiger partial charge on any atom is -0.454 e. The molecular formula is C21H23N7O4S3. The molecule has 35 heavy (non-hydrogen) atoms. The highest BCUT2D eigenvalue weighted by Crippen LogP contribution is 2.45. The highest BCUT2D eigenvalue weighted by Gasteiger charge is 2.29. The number of nitrogens with two attached hydrogens (primary N) is 1. The van der Waals surface area contributed by atoms with Crippen LogP contribution >= 0.6 is 23.1 Å². The fourth-order valence-electron chi connectivity index (χ4n) is 3.35. The number of nitrogens with one attached hydrogen (secondary N) is 1. The van der Waals surface area contributed by atoms with Crippen molar-refractivity contribution in [2.24, 2.45) is 0 Å². The van der Waals surface area contributed by atoms with Crippen molar-refractivity contribution in [2.45, 2.75) is 42.1 Å². The SMILES string of the molecule is CC(C)(C)S(=O)(=O)NCCn1c(Sc2cc3c(cc2-c2nccs2)OCO3)nc2c(N)ncnc21. The number of ether oxygens (including phenoxy) is 2. The third-order valence-electron chi connectivity index (χ3n) is 5.30. The lowest BCUT2D eigenvalue weighted by molar-refractivity contribution is 0.174. The minimum atomic E-state index is -3.51. The van der Waals surface area contributed by atoms with Gasteiger partial charge in [0, 0.05) is 35.1 Å². The molecule has 0 saturated carbocycles. The predicted molar refractivity (Wildman–Crippen MR) is 134 cm³/mol. The number of hydrogen-bond donors (Lipinski definition) is 2. The van der Waals surface area contributed by atoms with E-state index in [2.05, 4.69) is 19.7 Å². The number of aromatic nitrogens is 5. The maximum Gasteiger partial charge on any atom is 0.231 e. The lowest BCUT2D eigenvalue weighted by Gasteiger charge is -2.20. The molecule has 3 N–H and O–H groups in total. The second-order valence-electron chi connectivity index (χ2n) is 8.63. The van der Waals surface area contributed by atoms with Crippen molar-refractivity contribution in [1.29, 1.82) is 0 Å². The Kier molecular flexibility index (Phi) is 6.07. The van der Waals surface area contributed by atoms with E-state index in [0.717, 1.165) is 15.5 Å². The van der Waals surface area contributed by atoms with E-state index in [1.54, 1.807) is 27.0 Å². The summed E-state index contributed by atoms with van der Waals surface area (Å²) in [4.78, 5) is 18.4. The average Bonchev–Trinajstić information content (AvgIpc) is 3.53.